The predicted octanol–water partition coefficient (Wildman–Crippen LogP) is 4.32. The maximum atomic E-state index is 14.9. The van der Waals surface area contributed by atoms with E-state index in [0.29, 0.717) is 19.3 Å². The Balaban J connectivity index is 1.49. The summed E-state index contributed by atoms with van der Waals surface area (Å²) in [4.78, 5) is 28.4. The molecule has 2 heterocycles. The van der Waals surface area contributed by atoms with Crippen LogP contribution < -0.4 is 4.74 Å². The fourth-order valence-electron chi connectivity index (χ4n) is 5.16. The van der Waals surface area contributed by atoms with E-state index in [1.165, 1.54) is 11.0 Å². The largest absolute Gasteiger partial charge is 0.497 e. The molecule has 2 aliphatic heterocycles. The lowest BCUT2D eigenvalue weighted by Gasteiger charge is -2.36. The number of fused-ring (bicyclic) bond motifs is 1. The van der Waals surface area contributed by atoms with Crippen LogP contribution in [0.3, 0.4) is 0 Å². The number of carbonyl (C=O) groups is 2. The Hall–Kier alpha value is -3.22. The van der Waals surface area contributed by atoms with Crippen LogP contribution in [0.5, 0.6) is 5.75 Å². The van der Waals surface area contributed by atoms with E-state index >= 15 is 0 Å². The predicted molar refractivity (Wildman–Crippen MR) is 117 cm³/mol. The Morgan fingerprint density at radius 1 is 1.09 bits per heavy atom. The minimum atomic E-state index is -1.07. The number of methoxy groups -OCH3 is 1. The van der Waals surface area contributed by atoms with Crippen LogP contribution in [-0.2, 0) is 20.7 Å². The van der Waals surface area contributed by atoms with Gasteiger partial charge in [0.2, 0.25) is 0 Å². The maximum absolute atomic E-state index is 14.9. The lowest BCUT2D eigenvalue weighted by Crippen LogP contribution is -2.42. The quantitative estimate of drug-likeness (QED) is 0.677. The van der Waals surface area contributed by atoms with Gasteiger partial charge in [0.25, 0.3) is 5.91 Å². The second kappa shape index (κ2) is 8.61. The second-order valence-corrected chi connectivity index (χ2v) is 8.80. The van der Waals surface area contributed by atoms with Crippen LogP contribution in [0.2, 0.25) is 0 Å². The number of rotatable bonds is 5. The van der Waals surface area contributed by atoms with Crippen molar-refractivity contribution < 1.29 is 27.8 Å². The lowest BCUT2D eigenvalue weighted by molar-refractivity contribution is -0.136. The molecule has 0 aromatic heterocycles. The Kier molecular flexibility index (Phi) is 5.64. The van der Waals surface area contributed by atoms with Crippen LogP contribution in [0.1, 0.15) is 36.4 Å². The van der Waals surface area contributed by atoms with E-state index in [4.69, 9.17) is 9.47 Å². The van der Waals surface area contributed by atoms with Crippen molar-refractivity contribution in [3.05, 3.63) is 76.8 Å². The van der Waals surface area contributed by atoms with Gasteiger partial charge in [0, 0.05) is 12.1 Å². The van der Waals surface area contributed by atoms with E-state index in [2.05, 4.69) is 0 Å². The fourth-order valence-corrected chi connectivity index (χ4v) is 5.16. The van der Waals surface area contributed by atoms with Crippen molar-refractivity contribution >= 4 is 11.7 Å². The van der Waals surface area contributed by atoms with E-state index in [1.807, 2.05) is 24.3 Å². The summed E-state index contributed by atoms with van der Waals surface area (Å²) in [5.41, 5.74) is 1.38. The number of Topliss-reactive ketones (excluding diaryl/α,β-unsaturated/α-hetero) is 1. The zero-order valence-electron chi connectivity index (χ0n) is 18.3. The first-order valence-corrected chi connectivity index (χ1v) is 11.3. The molecular formula is C26H25F2NO4. The molecule has 0 radical (unpaired) electrons. The van der Waals surface area contributed by atoms with Gasteiger partial charge < -0.3 is 14.4 Å². The zero-order chi connectivity index (χ0) is 23.1. The molecule has 3 aliphatic rings. The lowest BCUT2D eigenvalue weighted by atomic mass is 9.77. The van der Waals surface area contributed by atoms with Gasteiger partial charge in [-0.05, 0) is 49.4 Å². The van der Waals surface area contributed by atoms with Crippen LogP contribution in [0, 0.1) is 11.7 Å². The molecule has 2 aromatic carbocycles. The van der Waals surface area contributed by atoms with E-state index in [1.54, 1.807) is 25.3 Å². The van der Waals surface area contributed by atoms with Crippen LogP contribution in [0.4, 0.5) is 8.78 Å². The first kappa shape index (κ1) is 21.6. The van der Waals surface area contributed by atoms with Gasteiger partial charge in [0.1, 0.15) is 23.8 Å². The minimum Gasteiger partial charge on any atom is -0.497 e. The Morgan fingerprint density at radius 3 is 2.58 bits per heavy atom. The molecule has 5 rings (SSSR count). The SMILES string of the molecule is COc1ccc(CCN2C(=O)C3=C(C(=O)C4CC(F)CCC4O3)C2c2ccccc2F)cc1. The van der Waals surface area contributed by atoms with Crippen molar-refractivity contribution in [2.45, 2.75) is 44.0 Å². The standard InChI is InChI=1S/C26H25F2NO4/c1-32-17-9-6-15(7-10-17)12-13-29-23(18-4-2-3-5-20(18)28)22-24(30)19-14-16(27)8-11-21(19)33-25(22)26(29)31/h2-7,9-10,16,19,21,23H,8,11-14H2,1H3. The number of hydrogen-bond acceptors (Lipinski definition) is 4. The highest BCUT2D eigenvalue weighted by atomic mass is 19.1. The summed E-state index contributed by atoms with van der Waals surface area (Å²) in [6.45, 7) is 0.273. The van der Waals surface area contributed by atoms with Crippen LogP contribution in [-0.4, -0.2) is 42.5 Å². The van der Waals surface area contributed by atoms with Crippen molar-refractivity contribution in [2.24, 2.45) is 5.92 Å². The molecule has 1 amide bonds. The topological polar surface area (TPSA) is 55.8 Å². The summed E-state index contributed by atoms with van der Waals surface area (Å²) in [6.07, 6.45) is -0.300. The molecule has 0 spiro atoms. The molecule has 33 heavy (non-hydrogen) atoms. The third-order valence-electron chi connectivity index (χ3n) is 6.88. The molecule has 4 atom stereocenters. The maximum Gasteiger partial charge on any atom is 0.290 e. The third-order valence-corrected chi connectivity index (χ3v) is 6.88. The number of amides is 1. The normalized spacial score (nSPS) is 26.7. The second-order valence-electron chi connectivity index (χ2n) is 8.80. The van der Waals surface area contributed by atoms with Crippen LogP contribution in [0.15, 0.2) is 59.9 Å². The Bertz CT molecular complexity index is 1110. The third kappa shape index (κ3) is 3.79. The molecule has 0 bridgehead atoms. The highest BCUT2D eigenvalue weighted by molar-refractivity contribution is 6.11. The molecule has 1 aliphatic carbocycles. The summed E-state index contributed by atoms with van der Waals surface area (Å²) < 4.78 is 40.2. The minimum absolute atomic E-state index is 0.00143. The van der Waals surface area contributed by atoms with Gasteiger partial charge >= 0.3 is 0 Å². The number of halogens is 2. The molecule has 5 nitrogen and oxygen atoms in total. The molecule has 0 N–H and O–H groups in total. The molecule has 4 unspecified atom stereocenters. The number of ketones is 1. The number of ether oxygens (including phenoxy) is 2. The Labute approximate surface area is 191 Å². The van der Waals surface area contributed by atoms with Gasteiger partial charge in [-0.25, -0.2) is 8.78 Å². The zero-order valence-corrected chi connectivity index (χ0v) is 18.3. The molecule has 1 fully saturated rings. The summed E-state index contributed by atoms with van der Waals surface area (Å²) in [5.74, 6) is -1.12. The molecule has 7 heteroatoms. The first-order chi connectivity index (χ1) is 16.0. The number of hydrogen-bond donors (Lipinski definition) is 0. The van der Waals surface area contributed by atoms with Crippen molar-refractivity contribution in [2.75, 3.05) is 13.7 Å². The van der Waals surface area contributed by atoms with Gasteiger partial charge in [-0.1, -0.05) is 30.3 Å². The number of benzene rings is 2. The average molecular weight is 453 g/mol. The summed E-state index contributed by atoms with van der Waals surface area (Å²) >= 11 is 0. The van der Waals surface area contributed by atoms with Gasteiger partial charge in [-0.3, -0.25) is 9.59 Å². The van der Waals surface area contributed by atoms with E-state index in [-0.39, 0.29) is 35.6 Å². The van der Waals surface area contributed by atoms with E-state index in [9.17, 15) is 18.4 Å². The summed E-state index contributed by atoms with van der Waals surface area (Å²) in [6, 6.07) is 12.7. The summed E-state index contributed by atoms with van der Waals surface area (Å²) in [7, 11) is 1.59. The molecule has 172 valence electrons. The van der Waals surface area contributed by atoms with Crippen molar-refractivity contribution in [1.29, 1.82) is 0 Å². The first-order valence-electron chi connectivity index (χ1n) is 11.3. The van der Waals surface area contributed by atoms with Crippen molar-refractivity contribution in [3.63, 3.8) is 0 Å². The smallest absolute Gasteiger partial charge is 0.290 e. The van der Waals surface area contributed by atoms with Gasteiger partial charge in [-0.2, -0.15) is 0 Å². The highest BCUT2D eigenvalue weighted by Crippen LogP contribution is 2.47. The van der Waals surface area contributed by atoms with Crippen molar-refractivity contribution in [1.82, 2.24) is 4.90 Å². The number of alkyl halides is 1. The molecule has 2 aromatic rings. The van der Waals surface area contributed by atoms with Crippen LogP contribution in [0.25, 0.3) is 0 Å². The summed E-state index contributed by atoms with van der Waals surface area (Å²) in [5, 5.41) is 0. The van der Waals surface area contributed by atoms with Gasteiger partial charge in [0.15, 0.2) is 11.5 Å². The van der Waals surface area contributed by atoms with Crippen molar-refractivity contribution in [3.8, 4) is 5.75 Å². The molecule has 1 saturated carbocycles. The van der Waals surface area contributed by atoms with Crippen LogP contribution >= 0.6 is 0 Å². The number of carbonyl (C=O) groups excluding carboxylic acids is 2. The monoisotopic (exact) mass is 453 g/mol. The van der Waals surface area contributed by atoms with Gasteiger partial charge in [-0.15, -0.1) is 0 Å². The molecular weight excluding hydrogens is 428 g/mol. The number of nitrogens with zero attached hydrogens (tertiary/aromatic N) is 1. The Morgan fingerprint density at radius 2 is 1.85 bits per heavy atom. The van der Waals surface area contributed by atoms with E-state index < -0.39 is 36.0 Å². The average Bonchev–Trinajstić information content (AvgIpc) is 3.10. The fraction of sp³-hybridized carbons (Fsp3) is 0.385. The molecule has 0 saturated heterocycles. The highest BCUT2D eigenvalue weighted by Gasteiger charge is 2.53. The van der Waals surface area contributed by atoms with Gasteiger partial charge in [0.05, 0.1) is 24.6 Å². The van der Waals surface area contributed by atoms with E-state index in [0.717, 1.165) is 11.3 Å².